The van der Waals surface area contributed by atoms with E-state index in [4.69, 9.17) is 4.74 Å². The van der Waals surface area contributed by atoms with E-state index in [1.165, 1.54) is 10.4 Å². The zero-order chi connectivity index (χ0) is 11.9. The molecule has 0 amide bonds. The highest BCUT2D eigenvalue weighted by Crippen LogP contribution is 2.25. The molecule has 0 unspecified atom stereocenters. The predicted molar refractivity (Wildman–Crippen MR) is 70.1 cm³/mol. The number of nitrogens with one attached hydrogen (secondary N) is 2. The minimum atomic E-state index is 0.753. The summed E-state index contributed by atoms with van der Waals surface area (Å²) in [6, 6.07) is 4.15. The maximum atomic E-state index is 5.27. The Morgan fingerprint density at radius 1 is 1.53 bits per heavy atom. The number of rotatable bonds is 7. The first-order valence-corrected chi connectivity index (χ1v) is 6.64. The second-order valence-electron chi connectivity index (χ2n) is 3.62. The summed E-state index contributed by atoms with van der Waals surface area (Å²) >= 11 is 1.72. The highest BCUT2D eigenvalue weighted by Gasteiger charge is 2.07. The first kappa shape index (κ1) is 12.3. The third-order valence-corrected chi connectivity index (χ3v) is 3.32. The fourth-order valence-electron chi connectivity index (χ4n) is 1.59. The molecule has 92 valence electrons. The third-order valence-electron chi connectivity index (χ3n) is 2.43. The lowest BCUT2D eigenvalue weighted by molar-refractivity contribution is 0.149. The number of aromatic amines is 1. The van der Waals surface area contributed by atoms with Gasteiger partial charge in [-0.3, -0.25) is 5.10 Å². The van der Waals surface area contributed by atoms with Crippen LogP contribution in [0.25, 0.3) is 10.6 Å². The Kier molecular flexibility index (Phi) is 4.73. The van der Waals surface area contributed by atoms with Gasteiger partial charge in [0.15, 0.2) is 0 Å². The first-order valence-electron chi connectivity index (χ1n) is 5.76. The fourth-order valence-corrected chi connectivity index (χ4v) is 2.35. The Morgan fingerprint density at radius 3 is 3.24 bits per heavy atom. The van der Waals surface area contributed by atoms with Gasteiger partial charge in [-0.15, -0.1) is 11.3 Å². The van der Waals surface area contributed by atoms with Crippen molar-refractivity contribution in [2.24, 2.45) is 0 Å². The number of H-pyrrole nitrogens is 1. The molecule has 2 heterocycles. The standard InChI is InChI=1S/C12H17N3OS/c1-2-16-6-5-13-8-10-9-14-15-12(10)11-4-3-7-17-11/h3-4,7,9,13H,2,5-6,8H2,1H3,(H,14,15). The Labute approximate surface area is 105 Å². The molecule has 0 saturated carbocycles. The molecule has 2 rings (SSSR count). The Bertz CT molecular complexity index is 425. The second-order valence-corrected chi connectivity index (χ2v) is 4.57. The van der Waals surface area contributed by atoms with Gasteiger partial charge >= 0.3 is 0 Å². The van der Waals surface area contributed by atoms with Crippen molar-refractivity contribution in [2.75, 3.05) is 19.8 Å². The smallest absolute Gasteiger partial charge is 0.0794 e. The molecule has 2 aromatic rings. The van der Waals surface area contributed by atoms with E-state index in [0.717, 1.165) is 32.0 Å². The average molecular weight is 251 g/mol. The van der Waals surface area contributed by atoms with Gasteiger partial charge in [0.2, 0.25) is 0 Å². The molecule has 5 heteroatoms. The number of hydrogen-bond acceptors (Lipinski definition) is 4. The third kappa shape index (κ3) is 3.39. The monoisotopic (exact) mass is 251 g/mol. The number of hydrogen-bond donors (Lipinski definition) is 2. The van der Waals surface area contributed by atoms with Crippen molar-refractivity contribution < 1.29 is 4.74 Å². The molecule has 0 aromatic carbocycles. The van der Waals surface area contributed by atoms with E-state index in [2.05, 4.69) is 27.0 Å². The SMILES string of the molecule is CCOCCNCc1cn[nH]c1-c1cccs1. The van der Waals surface area contributed by atoms with Crippen molar-refractivity contribution in [2.45, 2.75) is 13.5 Å². The minimum absolute atomic E-state index is 0.753. The van der Waals surface area contributed by atoms with Crippen molar-refractivity contribution in [3.63, 3.8) is 0 Å². The van der Waals surface area contributed by atoms with Gasteiger partial charge in [-0.05, 0) is 18.4 Å². The van der Waals surface area contributed by atoms with Crippen LogP contribution in [0.1, 0.15) is 12.5 Å². The predicted octanol–water partition coefficient (Wildman–Crippen LogP) is 2.26. The van der Waals surface area contributed by atoms with Gasteiger partial charge in [0.1, 0.15) is 0 Å². The largest absolute Gasteiger partial charge is 0.380 e. The van der Waals surface area contributed by atoms with Gasteiger partial charge in [0.05, 0.1) is 23.4 Å². The summed E-state index contributed by atoms with van der Waals surface area (Å²) in [5.41, 5.74) is 2.31. The van der Waals surface area contributed by atoms with Crippen LogP contribution in [0.5, 0.6) is 0 Å². The normalized spacial score (nSPS) is 10.9. The zero-order valence-electron chi connectivity index (χ0n) is 9.90. The van der Waals surface area contributed by atoms with E-state index >= 15 is 0 Å². The lowest BCUT2D eigenvalue weighted by Crippen LogP contribution is -2.19. The molecular weight excluding hydrogens is 234 g/mol. The van der Waals surface area contributed by atoms with Crippen LogP contribution in [-0.4, -0.2) is 30.0 Å². The number of ether oxygens (including phenoxy) is 1. The second kappa shape index (κ2) is 6.54. The molecule has 17 heavy (non-hydrogen) atoms. The number of nitrogens with zero attached hydrogens (tertiary/aromatic N) is 1. The van der Waals surface area contributed by atoms with Gasteiger partial charge in [-0.1, -0.05) is 6.07 Å². The van der Waals surface area contributed by atoms with E-state index in [1.54, 1.807) is 11.3 Å². The quantitative estimate of drug-likeness (QED) is 0.742. The first-order chi connectivity index (χ1) is 8.42. The molecule has 0 aliphatic rings. The van der Waals surface area contributed by atoms with Crippen molar-refractivity contribution >= 4 is 11.3 Å². The molecular formula is C12H17N3OS. The molecule has 2 aromatic heterocycles. The maximum absolute atomic E-state index is 5.27. The topological polar surface area (TPSA) is 49.9 Å². The molecule has 0 radical (unpaired) electrons. The Morgan fingerprint density at radius 2 is 2.47 bits per heavy atom. The van der Waals surface area contributed by atoms with Gasteiger partial charge in [-0.25, -0.2) is 0 Å². The van der Waals surface area contributed by atoms with Crippen molar-refractivity contribution in [3.05, 3.63) is 29.3 Å². The van der Waals surface area contributed by atoms with E-state index in [0.29, 0.717) is 0 Å². The molecule has 0 aliphatic heterocycles. The van der Waals surface area contributed by atoms with Crippen LogP contribution in [0, 0.1) is 0 Å². The summed E-state index contributed by atoms with van der Waals surface area (Å²) in [4.78, 5) is 1.23. The van der Waals surface area contributed by atoms with Crippen LogP contribution in [0.4, 0.5) is 0 Å². The minimum Gasteiger partial charge on any atom is -0.380 e. The van der Waals surface area contributed by atoms with Crippen molar-refractivity contribution in [3.8, 4) is 10.6 Å². The van der Waals surface area contributed by atoms with Gasteiger partial charge in [-0.2, -0.15) is 5.10 Å². The molecule has 0 atom stereocenters. The number of thiophene rings is 1. The summed E-state index contributed by atoms with van der Waals surface area (Å²) < 4.78 is 5.27. The van der Waals surface area contributed by atoms with Crippen molar-refractivity contribution in [1.82, 2.24) is 15.5 Å². The molecule has 0 fully saturated rings. The zero-order valence-corrected chi connectivity index (χ0v) is 10.7. The van der Waals surface area contributed by atoms with Gasteiger partial charge in [0.25, 0.3) is 0 Å². The van der Waals surface area contributed by atoms with Crippen molar-refractivity contribution in [1.29, 1.82) is 0 Å². The summed E-state index contributed by atoms with van der Waals surface area (Å²) in [7, 11) is 0. The maximum Gasteiger partial charge on any atom is 0.0794 e. The highest BCUT2D eigenvalue weighted by atomic mass is 32.1. The molecule has 0 bridgehead atoms. The van der Waals surface area contributed by atoms with Crippen LogP contribution < -0.4 is 5.32 Å². The fraction of sp³-hybridized carbons (Fsp3) is 0.417. The lowest BCUT2D eigenvalue weighted by Gasteiger charge is -2.04. The van der Waals surface area contributed by atoms with Gasteiger partial charge in [0, 0.05) is 25.3 Å². The lowest BCUT2D eigenvalue weighted by atomic mass is 10.2. The highest BCUT2D eigenvalue weighted by molar-refractivity contribution is 7.13. The molecule has 0 spiro atoms. The van der Waals surface area contributed by atoms with Crippen LogP contribution in [0.15, 0.2) is 23.7 Å². The Hall–Kier alpha value is -1.17. The van der Waals surface area contributed by atoms with Gasteiger partial charge < -0.3 is 10.1 Å². The van der Waals surface area contributed by atoms with E-state index < -0.39 is 0 Å². The van der Waals surface area contributed by atoms with Crippen LogP contribution in [0.2, 0.25) is 0 Å². The summed E-state index contributed by atoms with van der Waals surface area (Å²) in [5, 5.41) is 12.6. The molecule has 0 saturated heterocycles. The number of aromatic nitrogens is 2. The molecule has 2 N–H and O–H groups in total. The van der Waals surface area contributed by atoms with E-state index in [1.807, 2.05) is 19.2 Å². The van der Waals surface area contributed by atoms with Crippen LogP contribution in [-0.2, 0) is 11.3 Å². The summed E-state index contributed by atoms with van der Waals surface area (Å²) in [6.45, 7) is 5.21. The van der Waals surface area contributed by atoms with Crippen LogP contribution >= 0.6 is 11.3 Å². The molecule has 4 nitrogen and oxygen atoms in total. The summed E-state index contributed by atoms with van der Waals surface area (Å²) in [6.07, 6.45) is 1.88. The van der Waals surface area contributed by atoms with E-state index in [9.17, 15) is 0 Å². The summed E-state index contributed by atoms with van der Waals surface area (Å²) in [5.74, 6) is 0. The van der Waals surface area contributed by atoms with Crippen LogP contribution in [0.3, 0.4) is 0 Å². The average Bonchev–Trinajstić information content (AvgIpc) is 2.98. The Balaban J connectivity index is 1.87. The van der Waals surface area contributed by atoms with E-state index in [-0.39, 0.29) is 0 Å². The molecule has 0 aliphatic carbocycles.